The summed E-state index contributed by atoms with van der Waals surface area (Å²) in [7, 11) is 0. The minimum absolute atomic E-state index is 0.519. The highest BCUT2D eigenvalue weighted by Gasteiger charge is 2.13. The summed E-state index contributed by atoms with van der Waals surface area (Å²) in [5, 5.41) is 12.8. The van der Waals surface area contributed by atoms with Crippen molar-refractivity contribution in [2.75, 3.05) is 6.54 Å². The van der Waals surface area contributed by atoms with Crippen LogP contribution >= 0.6 is 0 Å². The van der Waals surface area contributed by atoms with Crippen molar-refractivity contribution in [2.24, 2.45) is 0 Å². The fourth-order valence-corrected chi connectivity index (χ4v) is 1.13. The molecular weight excluding hydrogens is 174 g/mol. The summed E-state index contributed by atoms with van der Waals surface area (Å²) in [6.45, 7) is 6.59. The van der Waals surface area contributed by atoms with Gasteiger partial charge in [-0.2, -0.15) is 0 Å². The van der Waals surface area contributed by atoms with E-state index in [0.29, 0.717) is 6.54 Å². The van der Waals surface area contributed by atoms with Crippen molar-refractivity contribution in [3.63, 3.8) is 0 Å². The Morgan fingerprint density at radius 1 is 1.43 bits per heavy atom. The molecule has 2 nitrogen and oxygen atoms in total. The lowest BCUT2D eigenvalue weighted by Crippen LogP contribution is -2.35. The van der Waals surface area contributed by atoms with Gasteiger partial charge in [0.15, 0.2) is 0 Å². The second-order valence-electron chi connectivity index (χ2n) is 3.65. The van der Waals surface area contributed by atoms with Crippen molar-refractivity contribution in [1.82, 2.24) is 5.32 Å². The van der Waals surface area contributed by atoms with Gasteiger partial charge in [0.25, 0.3) is 0 Å². The van der Waals surface area contributed by atoms with Gasteiger partial charge in [-0.1, -0.05) is 36.4 Å². The van der Waals surface area contributed by atoms with Crippen LogP contribution in [0, 0.1) is 0 Å². The average Bonchev–Trinajstić information content (AvgIpc) is 2.19. The van der Waals surface area contributed by atoms with Crippen LogP contribution in [-0.4, -0.2) is 17.3 Å². The molecular formula is C12H17NO. The Hall–Kier alpha value is -1.12. The molecule has 0 saturated heterocycles. The van der Waals surface area contributed by atoms with Gasteiger partial charge < -0.3 is 10.4 Å². The van der Waals surface area contributed by atoms with E-state index in [-0.39, 0.29) is 0 Å². The molecule has 14 heavy (non-hydrogen) atoms. The first kappa shape index (κ1) is 11.0. The molecule has 76 valence electrons. The third-order valence-electron chi connectivity index (χ3n) is 2.09. The fraction of sp³-hybridized carbons (Fsp3) is 0.333. The third-order valence-corrected chi connectivity index (χ3v) is 2.09. The quantitative estimate of drug-likeness (QED) is 0.694. The zero-order valence-corrected chi connectivity index (χ0v) is 8.53. The van der Waals surface area contributed by atoms with Gasteiger partial charge in [0, 0.05) is 13.1 Å². The average molecular weight is 191 g/mol. The molecule has 0 aliphatic heterocycles. The molecule has 0 radical (unpaired) electrons. The Morgan fingerprint density at radius 3 is 2.64 bits per heavy atom. The minimum Gasteiger partial charge on any atom is -0.385 e. The molecule has 0 spiro atoms. The van der Waals surface area contributed by atoms with Crippen LogP contribution < -0.4 is 5.32 Å². The van der Waals surface area contributed by atoms with Crippen LogP contribution in [0.5, 0.6) is 0 Å². The van der Waals surface area contributed by atoms with Crippen molar-refractivity contribution in [2.45, 2.75) is 19.1 Å². The van der Waals surface area contributed by atoms with E-state index in [4.69, 9.17) is 0 Å². The molecule has 0 unspecified atom stereocenters. The number of benzene rings is 1. The monoisotopic (exact) mass is 191 g/mol. The van der Waals surface area contributed by atoms with E-state index in [9.17, 15) is 5.11 Å². The number of aliphatic hydroxyl groups is 1. The molecule has 1 rings (SSSR count). The van der Waals surface area contributed by atoms with Crippen LogP contribution in [0.3, 0.4) is 0 Å². The molecule has 2 heteroatoms. The van der Waals surface area contributed by atoms with Gasteiger partial charge in [-0.3, -0.25) is 0 Å². The number of hydrogen-bond acceptors (Lipinski definition) is 2. The highest BCUT2D eigenvalue weighted by molar-refractivity contribution is 5.14. The molecule has 0 bridgehead atoms. The lowest BCUT2D eigenvalue weighted by atomic mass is 10.1. The number of hydrogen-bond donors (Lipinski definition) is 2. The molecule has 0 heterocycles. The molecule has 0 aromatic heterocycles. The van der Waals surface area contributed by atoms with Gasteiger partial charge in [0.2, 0.25) is 0 Å². The van der Waals surface area contributed by atoms with E-state index in [0.717, 1.165) is 6.54 Å². The molecule has 2 N–H and O–H groups in total. The molecule has 0 saturated carbocycles. The molecule has 0 aliphatic carbocycles. The van der Waals surface area contributed by atoms with Crippen molar-refractivity contribution in [1.29, 1.82) is 0 Å². The Kier molecular flexibility index (Phi) is 3.86. The second-order valence-corrected chi connectivity index (χ2v) is 3.65. The van der Waals surface area contributed by atoms with Gasteiger partial charge in [-0.15, -0.1) is 6.58 Å². The van der Waals surface area contributed by atoms with E-state index >= 15 is 0 Å². The predicted molar refractivity (Wildman–Crippen MR) is 59.0 cm³/mol. The maximum absolute atomic E-state index is 9.62. The van der Waals surface area contributed by atoms with Crippen LogP contribution in [-0.2, 0) is 6.54 Å². The molecule has 1 atom stereocenters. The topological polar surface area (TPSA) is 32.3 Å². The zero-order chi connectivity index (χ0) is 10.4. The van der Waals surface area contributed by atoms with Gasteiger partial charge in [0.1, 0.15) is 0 Å². The van der Waals surface area contributed by atoms with Gasteiger partial charge in [-0.25, -0.2) is 0 Å². The normalized spacial score (nSPS) is 14.7. The number of rotatable bonds is 5. The number of nitrogens with one attached hydrogen (secondary N) is 1. The summed E-state index contributed by atoms with van der Waals surface area (Å²) in [5.74, 6) is 0. The van der Waals surface area contributed by atoms with Crippen molar-refractivity contribution in [3.8, 4) is 0 Å². The Labute approximate surface area is 85.3 Å². The lowest BCUT2D eigenvalue weighted by molar-refractivity contribution is 0.110. The van der Waals surface area contributed by atoms with Crippen LogP contribution in [0.2, 0.25) is 0 Å². The maximum atomic E-state index is 9.62. The smallest absolute Gasteiger partial charge is 0.0921 e. The first-order valence-electron chi connectivity index (χ1n) is 4.75. The fourth-order valence-electron chi connectivity index (χ4n) is 1.13. The Balaban J connectivity index is 2.32. The third kappa shape index (κ3) is 3.73. The summed E-state index contributed by atoms with van der Waals surface area (Å²) in [6, 6.07) is 10.1. The van der Waals surface area contributed by atoms with Crippen molar-refractivity contribution < 1.29 is 5.11 Å². The predicted octanol–water partition coefficient (Wildman–Crippen LogP) is 1.71. The summed E-state index contributed by atoms with van der Waals surface area (Å²) >= 11 is 0. The zero-order valence-electron chi connectivity index (χ0n) is 8.53. The highest BCUT2D eigenvalue weighted by Crippen LogP contribution is 2.03. The van der Waals surface area contributed by atoms with Crippen LogP contribution in [0.1, 0.15) is 12.5 Å². The lowest BCUT2D eigenvalue weighted by Gasteiger charge is -2.18. The molecule has 0 aliphatic rings. The van der Waals surface area contributed by atoms with Crippen molar-refractivity contribution in [3.05, 3.63) is 48.6 Å². The van der Waals surface area contributed by atoms with Crippen LogP contribution in [0.25, 0.3) is 0 Å². The first-order chi connectivity index (χ1) is 6.64. The van der Waals surface area contributed by atoms with Crippen LogP contribution in [0.4, 0.5) is 0 Å². The van der Waals surface area contributed by atoms with Gasteiger partial charge in [0.05, 0.1) is 5.60 Å². The summed E-state index contributed by atoms with van der Waals surface area (Å²) in [4.78, 5) is 0. The largest absolute Gasteiger partial charge is 0.385 e. The van der Waals surface area contributed by atoms with Gasteiger partial charge >= 0.3 is 0 Å². The Morgan fingerprint density at radius 2 is 2.07 bits per heavy atom. The SMILES string of the molecule is C=C[C@@](C)(O)CNCc1ccccc1. The van der Waals surface area contributed by atoms with E-state index in [2.05, 4.69) is 24.0 Å². The van der Waals surface area contributed by atoms with E-state index in [1.807, 2.05) is 18.2 Å². The Bertz CT molecular complexity index is 280. The molecule has 0 amide bonds. The van der Waals surface area contributed by atoms with Gasteiger partial charge in [-0.05, 0) is 12.5 Å². The second kappa shape index (κ2) is 4.94. The minimum atomic E-state index is -0.825. The molecule has 1 aromatic carbocycles. The van der Waals surface area contributed by atoms with E-state index in [1.165, 1.54) is 5.56 Å². The van der Waals surface area contributed by atoms with E-state index < -0.39 is 5.60 Å². The first-order valence-corrected chi connectivity index (χ1v) is 4.75. The summed E-state index contributed by atoms with van der Waals surface area (Å²) in [6.07, 6.45) is 1.55. The molecule has 1 aromatic rings. The molecule has 0 fully saturated rings. The van der Waals surface area contributed by atoms with Crippen LogP contribution in [0.15, 0.2) is 43.0 Å². The highest BCUT2D eigenvalue weighted by atomic mass is 16.3. The van der Waals surface area contributed by atoms with E-state index in [1.54, 1.807) is 13.0 Å². The standard InChI is InChI=1S/C12H17NO/c1-3-12(2,14)10-13-9-11-7-5-4-6-8-11/h3-8,13-14H,1,9-10H2,2H3/t12-/m1/s1. The maximum Gasteiger partial charge on any atom is 0.0921 e. The summed E-state index contributed by atoms with van der Waals surface area (Å²) < 4.78 is 0. The van der Waals surface area contributed by atoms with Crippen molar-refractivity contribution >= 4 is 0 Å². The summed E-state index contributed by atoms with van der Waals surface area (Å²) in [5.41, 5.74) is 0.391.